The van der Waals surface area contributed by atoms with Crippen LogP contribution in [0, 0.1) is 5.92 Å². The third kappa shape index (κ3) is 6.23. The Morgan fingerprint density at radius 1 is 1.11 bits per heavy atom. The fraction of sp³-hybridized carbons (Fsp3) is 0.548. The van der Waals surface area contributed by atoms with Gasteiger partial charge in [0.15, 0.2) is 11.3 Å². The van der Waals surface area contributed by atoms with Gasteiger partial charge in [0.2, 0.25) is 0 Å². The number of β-amino-alcohol motifs (C(OH)–C–C–N with tert-alkyl or cyclic N) is 1. The van der Waals surface area contributed by atoms with Gasteiger partial charge < -0.3 is 25.2 Å². The number of hydrogen-bond acceptors (Lipinski definition) is 9. The van der Waals surface area contributed by atoms with E-state index in [2.05, 4.69) is 10.4 Å². The predicted octanol–water partition coefficient (Wildman–Crippen LogP) is 4.24. The average Bonchev–Trinajstić information content (AvgIpc) is 3.92. The summed E-state index contributed by atoms with van der Waals surface area (Å²) in [5, 5.41) is 32.8. The topological polar surface area (TPSA) is 163 Å². The highest BCUT2D eigenvalue weighted by atomic mass is 16.6. The Morgan fingerprint density at radius 2 is 1.89 bits per heavy atom. The van der Waals surface area contributed by atoms with Crippen LogP contribution in [-0.4, -0.2) is 87.8 Å². The Morgan fingerprint density at radius 3 is 2.58 bits per heavy atom. The molecule has 1 saturated heterocycles. The first kappa shape index (κ1) is 29.3. The Balaban J connectivity index is 1.23. The van der Waals surface area contributed by atoms with E-state index in [1.54, 1.807) is 15.1 Å². The van der Waals surface area contributed by atoms with Crippen LogP contribution in [0.25, 0.3) is 11.3 Å². The maximum Gasteiger partial charge on any atom is 0.416 e. The van der Waals surface area contributed by atoms with Gasteiger partial charge in [0.05, 0.1) is 43.0 Å². The molecule has 7 rings (SSSR count). The zero-order valence-corrected chi connectivity index (χ0v) is 25.8. The van der Waals surface area contributed by atoms with Gasteiger partial charge in [0.1, 0.15) is 17.2 Å². The second kappa shape index (κ2) is 11.2. The number of imidazole rings is 1. The Bertz CT molecular complexity index is 1750. The third-order valence-electron chi connectivity index (χ3n) is 8.63. The first-order valence-electron chi connectivity index (χ1n) is 15.7. The second-order valence-electron chi connectivity index (χ2n) is 13.5. The summed E-state index contributed by atoms with van der Waals surface area (Å²) < 4.78 is 9.33. The Hall–Kier alpha value is -4.46. The van der Waals surface area contributed by atoms with E-state index >= 15 is 0 Å². The highest BCUT2D eigenvalue weighted by Gasteiger charge is 2.33. The van der Waals surface area contributed by atoms with Gasteiger partial charge in [-0.05, 0) is 70.9 Å². The number of nitrogens with zero attached hydrogens (tertiary/aromatic N) is 8. The molecule has 2 saturated carbocycles. The van der Waals surface area contributed by atoms with Crippen molar-refractivity contribution < 1.29 is 24.5 Å². The number of likely N-dealkylation sites (tertiary alicyclic amines) is 1. The molecule has 3 aliphatic rings. The molecule has 45 heavy (non-hydrogen) atoms. The highest BCUT2D eigenvalue weighted by Crippen LogP contribution is 2.42. The summed E-state index contributed by atoms with van der Waals surface area (Å²) in [7, 11) is 0. The summed E-state index contributed by atoms with van der Waals surface area (Å²) in [5.41, 5.74) is 3.31. The molecule has 4 aromatic rings. The van der Waals surface area contributed by atoms with Gasteiger partial charge in [-0.25, -0.2) is 24.1 Å². The molecule has 0 bridgehead atoms. The number of piperidine rings is 1. The number of carbonyl (C=O) groups excluding carboxylic acids is 1. The van der Waals surface area contributed by atoms with Crippen LogP contribution in [0.3, 0.4) is 0 Å². The molecule has 2 aliphatic carbocycles. The number of aliphatic hydroxyl groups is 1. The molecule has 238 valence electrons. The largest absolute Gasteiger partial charge is 0.465 e. The molecule has 2 atom stereocenters. The van der Waals surface area contributed by atoms with Gasteiger partial charge in [0, 0.05) is 36.6 Å². The van der Waals surface area contributed by atoms with Gasteiger partial charge in [-0.1, -0.05) is 0 Å². The van der Waals surface area contributed by atoms with Crippen LogP contribution in [-0.2, 0) is 11.3 Å². The van der Waals surface area contributed by atoms with Gasteiger partial charge in [0.25, 0.3) is 0 Å². The SMILES string of the molecule is CC(C)(C)OC(=O)N(Cc1cn2nc(C3CC3)ccc2n1)c1cc(NC[C@H]2CCN(C(=O)O)C[C@@H]2O)nc2c(C3CC3)cnn12. The summed E-state index contributed by atoms with van der Waals surface area (Å²) >= 11 is 0. The van der Waals surface area contributed by atoms with Crippen molar-refractivity contribution in [2.24, 2.45) is 5.92 Å². The predicted molar refractivity (Wildman–Crippen MR) is 165 cm³/mol. The van der Waals surface area contributed by atoms with Crippen LogP contribution >= 0.6 is 0 Å². The van der Waals surface area contributed by atoms with Crippen molar-refractivity contribution in [3.8, 4) is 0 Å². The summed E-state index contributed by atoms with van der Waals surface area (Å²) in [5.74, 6) is 1.68. The maximum absolute atomic E-state index is 13.9. The van der Waals surface area contributed by atoms with Gasteiger partial charge >= 0.3 is 12.2 Å². The molecule has 14 heteroatoms. The number of rotatable bonds is 8. The first-order valence-corrected chi connectivity index (χ1v) is 15.7. The molecule has 0 radical (unpaired) electrons. The molecule has 0 spiro atoms. The molecule has 3 fully saturated rings. The zero-order chi connectivity index (χ0) is 31.5. The van der Waals surface area contributed by atoms with E-state index in [-0.39, 0.29) is 19.0 Å². The van der Waals surface area contributed by atoms with Crippen LogP contribution < -0.4 is 10.2 Å². The number of carbonyl (C=O) groups is 2. The summed E-state index contributed by atoms with van der Waals surface area (Å²) in [4.78, 5) is 37.7. The van der Waals surface area contributed by atoms with Crippen LogP contribution in [0.5, 0.6) is 0 Å². The van der Waals surface area contributed by atoms with Crippen molar-refractivity contribution in [2.75, 3.05) is 29.9 Å². The summed E-state index contributed by atoms with van der Waals surface area (Å²) in [6, 6.07) is 5.74. The van der Waals surface area contributed by atoms with E-state index in [1.165, 1.54) is 9.80 Å². The van der Waals surface area contributed by atoms with Crippen LogP contribution in [0.2, 0.25) is 0 Å². The van der Waals surface area contributed by atoms with Gasteiger partial charge in [-0.15, -0.1) is 0 Å². The summed E-state index contributed by atoms with van der Waals surface area (Å²) in [6.07, 6.45) is 6.20. The number of fused-ring (bicyclic) bond motifs is 2. The lowest BCUT2D eigenvalue weighted by Crippen LogP contribution is -2.47. The fourth-order valence-corrected chi connectivity index (χ4v) is 5.89. The number of anilines is 2. The van der Waals surface area contributed by atoms with Crippen molar-refractivity contribution in [2.45, 2.75) is 83.0 Å². The minimum absolute atomic E-state index is 0.0658. The van der Waals surface area contributed by atoms with E-state index < -0.39 is 23.9 Å². The molecular weight excluding hydrogens is 578 g/mol. The molecular formula is C31H39N9O5. The molecule has 0 unspecified atom stereocenters. The number of amides is 2. The molecule has 2 amide bonds. The van der Waals surface area contributed by atoms with E-state index in [0.717, 1.165) is 36.9 Å². The Kier molecular flexibility index (Phi) is 7.26. The number of hydrogen-bond donors (Lipinski definition) is 3. The van der Waals surface area contributed by atoms with Gasteiger partial charge in [-0.3, -0.25) is 4.90 Å². The quantitative estimate of drug-likeness (QED) is 0.261. The van der Waals surface area contributed by atoms with Crippen molar-refractivity contribution in [3.05, 3.63) is 47.5 Å². The van der Waals surface area contributed by atoms with Crippen LogP contribution in [0.15, 0.2) is 30.6 Å². The van der Waals surface area contributed by atoms with Crippen molar-refractivity contribution in [1.82, 2.24) is 34.1 Å². The standard InChI is InChI=1S/C31H39N9O5/c1-31(2,3)45-30(44)38(15-21-16-39-26(34-21)9-8-23(36-39)19-6-7-19)27-12-25(35-28-22(18-4-5-18)14-33-40(27)28)32-13-20-10-11-37(29(42)43)17-24(20)41/h8-9,12,14,16,18-20,24,41H,4-7,10-11,13,15,17H2,1-3H3,(H,32,35)(H,42,43)/t20-,24+/m1/s1. The minimum Gasteiger partial charge on any atom is -0.465 e. The van der Waals surface area contributed by atoms with E-state index in [9.17, 15) is 19.8 Å². The minimum atomic E-state index is -1.03. The monoisotopic (exact) mass is 617 g/mol. The first-order chi connectivity index (χ1) is 21.5. The van der Waals surface area contributed by atoms with Crippen LogP contribution in [0.1, 0.15) is 81.7 Å². The average molecular weight is 618 g/mol. The lowest BCUT2D eigenvalue weighted by molar-refractivity contribution is 0.0294. The number of aliphatic hydroxyl groups excluding tert-OH is 1. The number of ether oxygens (including phenoxy) is 1. The van der Waals surface area contributed by atoms with Crippen molar-refractivity contribution in [1.29, 1.82) is 0 Å². The fourth-order valence-electron chi connectivity index (χ4n) is 5.89. The van der Waals surface area contributed by atoms with E-state index in [4.69, 9.17) is 19.8 Å². The molecule has 14 nitrogen and oxygen atoms in total. The van der Waals surface area contributed by atoms with Crippen LogP contribution in [0.4, 0.5) is 21.2 Å². The van der Waals surface area contributed by atoms with Crippen molar-refractivity contribution >= 4 is 35.1 Å². The number of aromatic nitrogens is 6. The molecule has 1 aliphatic heterocycles. The lowest BCUT2D eigenvalue weighted by Gasteiger charge is -2.34. The number of nitrogens with one attached hydrogen (secondary N) is 1. The van der Waals surface area contributed by atoms with E-state index in [0.29, 0.717) is 60.0 Å². The summed E-state index contributed by atoms with van der Waals surface area (Å²) in [6.45, 7) is 6.40. The molecule has 4 aromatic heterocycles. The maximum atomic E-state index is 13.9. The highest BCUT2D eigenvalue weighted by molar-refractivity contribution is 5.88. The van der Waals surface area contributed by atoms with Crippen molar-refractivity contribution in [3.63, 3.8) is 0 Å². The molecule has 0 aromatic carbocycles. The lowest BCUT2D eigenvalue weighted by atomic mass is 9.94. The van der Waals surface area contributed by atoms with Gasteiger partial charge in [-0.2, -0.15) is 14.7 Å². The second-order valence-corrected chi connectivity index (χ2v) is 13.5. The normalized spacial score (nSPS) is 20.5. The zero-order valence-electron chi connectivity index (χ0n) is 25.8. The molecule has 3 N–H and O–H groups in total. The third-order valence-corrected chi connectivity index (χ3v) is 8.63. The molecule has 5 heterocycles. The number of carboxylic acid groups (broad SMARTS) is 1. The Labute approximate surface area is 260 Å². The smallest absolute Gasteiger partial charge is 0.416 e. The van der Waals surface area contributed by atoms with E-state index in [1.807, 2.05) is 45.3 Å².